The second-order valence-electron chi connectivity index (χ2n) is 6.27. The molecule has 1 aromatic heterocycles. The Morgan fingerprint density at radius 3 is 2.42 bits per heavy atom. The van der Waals surface area contributed by atoms with E-state index in [1.54, 1.807) is 6.07 Å². The minimum atomic E-state index is -0.0776. The molecule has 26 heavy (non-hydrogen) atoms. The number of rotatable bonds is 4. The lowest BCUT2D eigenvalue weighted by atomic mass is 10.0. The van der Waals surface area contributed by atoms with E-state index in [0.717, 1.165) is 28.5 Å². The molecule has 0 amide bonds. The normalized spacial score (nSPS) is 10.8. The van der Waals surface area contributed by atoms with E-state index in [-0.39, 0.29) is 6.61 Å². The maximum Gasteiger partial charge on any atom is 0.198 e. The van der Waals surface area contributed by atoms with Gasteiger partial charge in [0.05, 0.1) is 13.2 Å². The van der Waals surface area contributed by atoms with Crippen molar-refractivity contribution in [3.63, 3.8) is 0 Å². The first-order valence-electron chi connectivity index (χ1n) is 8.45. The summed E-state index contributed by atoms with van der Waals surface area (Å²) >= 11 is 0. The zero-order chi connectivity index (χ0) is 17.9. The minimum Gasteiger partial charge on any atom is -0.457 e. The molecule has 3 heteroatoms. The fourth-order valence-corrected chi connectivity index (χ4v) is 3.14. The van der Waals surface area contributed by atoms with Crippen LogP contribution in [0.3, 0.4) is 0 Å². The van der Waals surface area contributed by atoms with Crippen LogP contribution >= 0.6 is 0 Å². The van der Waals surface area contributed by atoms with Crippen molar-refractivity contribution in [2.24, 2.45) is 0 Å². The van der Waals surface area contributed by atoms with E-state index < -0.39 is 0 Å². The van der Waals surface area contributed by atoms with Gasteiger partial charge in [0, 0.05) is 10.9 Å². The first kappa shape index (κ1) is 16.1. The van der Waals surface area contributed by atoms with Crippen molar-refractivity contribution in [1.82, 2.24) is 0 Å². The minimum absolute atomic E-state index is 0.0776. The van der Waals surface area contributed by atoms with Gasteiger partial charge in [-0.05, 0) is 41.3 Å². The molecular weight excluding hydrogens is 322 g/mol. The zero-order valence-electron chi connectivity index (χ0n) is 14.1. The lowest BCUT2D eigenvalue weighted by molar-refractivity contribution is 0.282. The smallest absolute Gasteiger partial charge is 0.198 e. The molecule has 3 nitrogen and oxygen atoms in total. The number of hydrogen-bond acceptors (Lipinski definition) is 2. The van der Waals surface area contributed by atoms with E-state index in [4.69, 9.17) is 11.0 Å². The SMILES string of the molecule is [C-]#[N+]c1cc(CO)ccc1-c1cc2cc(Cc3ccccc3)ccc2o1. The van der Waals surface area contributed by atoms with Gasteiger partial charge in [0.1, 0.15) is 11.3 Å². The van der Waals surface area contributed by atoms with Gasteiger partial charge in [-0.25, -0.2) is 4.85 Å². The third-order valence-electron chi connectivity index (χ3n) is 4.46. The van der Waals surface area contributed by atoms with E-state index in [1.807, 2.05) is 42.5 Å². The van der Waals surface area contributed by atoms with Crippen LogP contribution in [-0.4, -0.2) is 5.11 Å². The highest BCUT2D eigenvalue weighted by Crippen LogP contribution is 2.35. The molecule has 0 spiro atoms. The Hall–Kier alpha value is -3.35. The highest BCUT2D eigenvalue weighted by molar-refractivity contribution is 5.87. The number of benzene rings is 3. The van der Waals surface area contributed by atoms with E-state index in [1.165, 1.54) is 11.1 Å². The van der Waals surface area contributed by atoms with Gasteiger partial charge in [-0.1, -0.05) is 54.6 Å². The number of fused-ring (bicyclic) bond motifs is 1. The highest BCUT2D eigenvalue weighted by Gasteiger charge is 2.12. The molecule has 1 N–H and O–H groups in total. The second kappa shape index (κ2) is 6.87. The first-order chi connectivity index (χ1) is 12.8. The molecule has 0 saturated carbocycles. The molecule has 0 fully saturated rings. The Kier molecular flexibility index (Phi) is 4.27. The number of nitrogens with zero attached hydrogens (tertiary/aromatic N) is 1. The topological polar surface area (TPSA) is 37.7 Å². The van der Waals surface area contributed by atoms with Crippen molar-refractivity contribution in [2.75, 3.05) is 0 Å². The van der Waals surface area contributed by atoms with Crippen molar-refractivity contribution < 1.29 is 9.52 Å². The molecule has 126 valence electrons. The molecule has 0 unspecified atom stereocenters. The van der Waals surface area contributed by atoms with E-state index >= 15 is 0 Å². The van der Waals surface area contributed by atoms with Gasteiger partial charge >= 0.3 is 0 Å². The molecule has 0 bridgehead atoms. The van der Waals surface area contributed by atoms with Crippen LogP contribution in [0, 0.1) is 6.57 Å². The molecule has 0 aliphatic heterocycles. The zero-order valence-corrected chi connectivity index (χ0v) is 14.1. The van der Waals surface area contributed by atoms with Crippen molar-refractivity contribution in [3.8, 4) is 11.3 Å². The van der Waals surface area contributed by atoms with Crippen LogP contribution in [-0.2, 0) is 13.0 Å². The van der Waals surface area contributed by atoms with Crippen molar-refractivity contribution >= 4 is 16.7 Å². The number of aliphatic hydroxyl groups is 1. The van der Waals surface area contributed by atoms with E-state index in [9.17, 15) is 5.11 Å². The summed E-state index contributed by atoms with van der Waals surface area (Å²) in [6.07, 6.45) is 0.871. The molecule has 0 radical (unpaired) electrons. The van der Waals surface area contributed by atoms with Gasteiger partial charge in [0.15, 0.2) is 5.69 Å². The van der Waals surface area contributed by atoms with Crippen LogP contribution in [0.5, 0.6) is 0 Å². The Bertz CT molecular complexity index is 1100. The standard InChI is InChI=1S/C23H17NO2/c1-24-21-13-18(15-25)7-9-20(21)23-14-19-12-17(8-10-22(19)26-23)11-16-5-3-2-4-6-16/h2-10,12-14,25H,11,15H2. The summed E-state index contributed by atoms with van der Waals surface area (Å²) in [5, 5.41) is 10.3. The molecule has 4 rings (SSSR count). The molecule has 0 saturated heterocycles. The summed E-state index contributed by atoms with van der Waals surface area (Å²) in [4.78, 5) is 3.58. The average molecular weight is 339 g/mol. The molecule has 3 aromatic carbocycles. The Balaban J connectivity index is 1.71. The number of furan rings is 1. The maximum absolute atomic E-state index is 9.26. The highest BCUT2D eigenvalue weighted by atomic mass is 16.3. The molecule has 0 aliphatic rings. The molecular formula is C23H17NO2. The maximum atomic E-state index is 9.26. The van der Waals surface area contributed by atoms with Gasteiger partial charge < -0.3 is 9.52 Å². The molecule has 1 heterocycles. The van der Waals surface area contributed by atoms with Gasteiger partial charge in [0.25, 0.3) is 0 Å². The van der Waals surface area contributed by atoms with Gasteiger partial charge in [-0.3, -0.25) is 0 Å². The predicted octanol–water partition coefficient (Wildman–Crippen LogP) is 5.73. The summed E-state index contributed by atoms with van der Waals surface area (Å²) in [7, 11) is 0. The fraction of sp³-hybridized carbons (Fsp3) is 0.0870. The molecule has 4 aromatic rings. The quantitative estimate of drug-likeness (QED) is 0.482. The lowest BCUT2D eigenvalue weighted by Gasteiger charge is -2.02. The fourth-order valence-electron chi connectivity index (χ4n) is 3.14. The molecule has 0 aliphatic carbocycles. The summed E-state index contributed by atoms with van der Waals surface area (Å²) in [6, 6.07) is 23.9. The monoisotopic (exact) mass is 339 g/mol. The average Bonchev–Trinajstić information content (AvgIpc) is 3.11. The van der Waals surface area contributed by atoms with Crippen LogP contribution < -0.4 is 0 Å². The Morgan fingerprint density at radius 1 is 0.846 bits per heavy atom. The summed E-state index contributed by atoms with van der Waals surface area (Å²) < 4.78 is 5.97. The van der Waals surface area contributed by atoms with Gasteiger partial charge in [0.2, 0.25) is 0 Å². The van der Waals surface area contributed by atoms with Crippen molar-refractivity contribution in [1.29, 1.82) is 0 Å². The number of hydrogen-bond donors (Lipinski definition) is 1. The van der Waals surface area contributed by atoms with Crippen molar-refractivity contribution in [2.45, 2.75) is 13.0 Å². The largest absolute Gasteiger partial charge is 0.457 e. The number of aliphatic hydroxyl groups excluding tert-OH is 1. The van der Waals surface area contributed by atoms with E-state index in [0.29, 0.717) is 11.4 Å². The summed E-state index contributed by atoms with van der Waals surface area (Å²) in [6.45, 7) is 7.32. The van der Waals surface area contributed by atoms with Crippen LogP contribution in [0.1, 0.15) is 16.7 Å². The summed E-state index contributed by atoms with van der Waals surface area (Å²) in [5.74, 6) is 0.673. The van der Waals surface area contributed by atoms with Gasteiger partial charge in [-0.15, -0.1) is 0 Å². The third-order valence-corrected chi connectivity index (χ3v) is 4.46. The van der Waals surface area contributed by atoms with Crippen LogP contribution in [0.15, 0.2) is 77.2 Å². The van der Waals surface area contributed by atoms with E-state index in [2.05, 4.69) is 29.1 Å². The van der Waals surface area contributed by atoms with Crippen LogP contribution in [0.2, 0.25) is 0 Å². The Morgan fingerprint density at radius 2 is 1.65 bits per heavy atom. The van der Waals surface area contributed by atoms with Crippen LogP contribution in [0.25, 0.3) is 27.1 Å². The second-order valence-corrected chi connectivity index (χ2v) is 6.27. The molecule has 0 atom stereocenters. The van der Waals surface area contributed by atoms with Crippen molar-refractivity contribution in [3.05, 3.63) is 101 Å². The Labute approximate surface area is 152 Å². The predicted molar refractivity (Wildman–Crippen MR) is 103 cm³/mol. The van der Waals surface area contributed by atoms with Gasteiger partial charge in [-0.2, -0.15) is 0 Å². The van der Waals surface area contributed by atoms with Crippen LogP contribution in [0.4, 0.5) is 5.69 Å². The summed E-state index contributed by atoms with van der Waals surface area (Å²) in [5.41, 5.74) is 5.25. The first-order valence-corrected chi connectivity index (χ1v) is 8.45. The lowest BCUT2D eigenvalue weighted by Crippen LogP contribution is -1.86. The third kappa shape index (κ3) is 3.11.